The first-order chi connectivity index (χ1) is 7.99. The molecule has 1 aromatic rings. The molecule has 0 spiro atoms. The molecule has 1 rings (SSSR count). The lowest BCUT2D eigenvalue weighted by molar-refractivity contribution is -0.137. The number of hydrogen-bond acceptors (Lipinski definition) is 4. The van der Waals surface area contributed by atoms with E-state index < -0.39 is 11.9 Å². The van der Waals surface area contributed by atoms with E-state index in [2.05, 4.69) is 15.5 Å². The summed E-state index contributed by atoms with van der Waals surface area (Å²) in [5, 5.41) is 16.8. The predicted molar refractivity (Wildman–Crippen MR) is 58.6 cm³/mol. The van der Waals surface area contributed by atoms with E-state index in [1.807, 2.05) is 0 Å². The summed E-state index contributed by atoms with van der Waals surface area (Å²) < 4.78 is 0. The van der Waals surface area contributed by atoms with Gasteiger partial charge in [-0.05, 0) is 12.0 Å². The van der Waals surface area contributed by atoms with Gasteiger partial charge in [-0.2, -0.15) is 5.10 Å². The Morgan fingerprint density at radius 2 is 2.24 bits per heavy atom. The van der Waals surface area contributed by atoms with Crippen molar-refractivity contribution in [3.05, 3.63) is 28.2 Å². The van der Waals surface area contributed by atoms with Crippen LogP contribution in [0.1, 0.15) is 23.8 Å². The standard InChI is InChI=1S/C10H13N3O4/c1-6(4-9(15)16)5-11-10(17)7-2-3-8(14)13-12-7/h2-3,6H,4-5H2,1H3,(H,11,17)(H,13,14)(H,15,16). The van der Waals surface area contributed by atoms with E-state index in [0.717, 1.165) is 0 Å². The Morgan fingerprint density at radius 1 is 1.53 bits per heavy atom. The summed E-state index contributed by atoms with van der Waals surface area (Å²) in [6.07, 6.45) is -0.0146. The van der Waals surface area contributed by atoms with Gasteiger partial charge in [0, 0.05) is 19.0 Å². The molecule has 7 nitrogen and oxygen atoms in total. The van der Waals surface area contributed by atoms with Gasteiger partial charge in [-0.25, -0.2) is 5.10 Å². The lowest BCUT2D eigenvalue weighted by Gasteiger charge is -2.09. The number of H-pyrrole nitrogens is 1. The Hall–Kier alpha value is -2.18. The fraction of sp³-hybridized carbons (Fsp3) is 0.400. The first-order valence-corrected chi connectivity index (χ1v) is 5.04. The molecule has 92 valence electrons. The molecule has 0 saturated heterocycles. The Morgan fingerprint density at radius 3 is 2.76 bits per heavy atom. The smallest absolute Gasteiger partial charge is 0.303 e. The number of aromatic nitrogens is 2. The molecule has 0 aliphatic heterocycles. The van der Waals surface area contributed by atoms with Crippen molar-refractivity contribution >= 4 is 11.9 Å². The van der Waals surface area contributed by atoms with Crippen LogP contribution in [0.3, 0.4) is 0 Å². The summed E-state index contributed by atoms with van der Waals surface area (Å²) in [5.74, 6) is -1.52. The summed E-state index contributed by atoms with van der Waals surface area (Å²) in [6, 6.07) is 2.50. The summed E-state index contributed by atoms with van der Waals surface area (Å²) in [5.41, 5.74) is -0.298. The van der Waals surface area contributed by atoms with Gasteiger partial charge < -0.3 is 10.4 Å². The predicted octanol–water partition coefficient (Wildman–Crippen LogP) is -0.389. The van der Waals surface area contributed by atoms with Gasteiger partial charge in [0.15, 0.2) is 0 Å². The number of hydrogen-bond donors (Lipinski definition) is 3. The second kappa shape index (κ2) is 5.78. The normalized spacial score (nSPS) is 11.8. The first-order valence-electron chi connectivity index (χ1n) is 5.04. The molecule has 0 aromatic carbocycles. The summed E-state index contributed by atoms with van der Waals surface area (Å²) in [7, 11) is 0. The molecule has 0 bridgehead atoms. The maximum absolute atomic E-state index is 11.5. The molecule has 7 heteroatoms. The van der Waals surface area contributed by atoms with Gasteiger partial charge in [0.1, 0.15) is 5.69 Å². The minimum Gasteiger partial charge on any atom is -0.481 e. The monoisotopic (exact) mass is 239 g/mol. The van der Waals surface area contributed by atoms with Crippen molar-refractivity contribution in [1.82, 2.24) is 15.5 Å². The number of amides is 1. The number of nitrogens with zero attached hydrogens (tertiary/aromatic N) is 1. The minimum absolute atomic E-state index is 0.0146. The average Bonchev–Trinajstić information content (AvgIpc) is 2.26. The van der Waals surface area contributed by atoms with Crippen molar-refractivity contribution in [3.63, 3.8) is 0 Å². The van der Waals surface area contributed by atoms with E-state index >= 15 is 0 Å². The van der Waals surface area contributed by atoms with E-state index in [-0.39, 0.29) is 30.1 Å². The zero-order valence-electron chi connectivity index (χ0n) is 9.27. The van der Waals surface area contributed by atoms with Gasteiger partial charge in [-0.15, -0.1) is 0 Å². The van der Waals surface area contributed by atoms with Crippen LogP contribution in [0.2, 0.25) is 0 Å². The largest absolute Gasteiger partial charge is 0.481 e. The second-order valence-corrected chi connectivity index (χ2v) is 3.72. The van der Waals surface area contributed by atoms with Gasteiger partial charge in [-0.3, -0.25) is 14.4 Å². The highest BCUT2D eigenvalue weighted by Gasteiger charge is 2.11. The van der Waals surface area contributed by atoms with Gasteiger partial charge >= 0.3 is 5.97 Å². The van der Waals surface area contributed by atoms with E-state index in [1.54, 1.807) is 6.92 Å². The van der Waals surface area contributed by atoms with E-state index in [9.17, 15) is 14.4 Å². The molecule has 1 unspecified atom stereocenters. The molecule has 0 aliphatic carbocycles. The maximum Gasteiger partial charge on any atom is 0.303 e. The molecule has 17 heavy (non-hydrogen) atoms. The topological polar surface area (TPSA) is 112 Å². The van der Waals surface area contributed by atoms with Crippen molar-refractivity contribution in [3.8, 4) is 0 Å². The second-order valence-electron chi connectivity index (χ2n) is 3.72. The van der Waals surface area contributed by atoms with Crippen LogP contribution < -0.4 is 10.9 Å². The molecule has 1 heterocycles. The fourth-order valence-electron chi connectivity index (χ4n) is 1.20. The van der Waals surface area contributed by atoms with Crippen LogP contribution in [0.5, 0.6) is 0 Å². The molecule has 0 aliphatic rings. The highest BCUT2D eigenvalue weighted by Crippen LogP contribution is 2.00. The van der Waals surface area contributed by atoms with Crippen LogP contribution in [-0.2, 0) is 4.79 Å². The van der Waals surface area contributed by atoms with Crippen LogP contribution in [-0.4, -0.2) is 33.7 Å². The summed E-state index contributed by atoms with van der Waals surface area (Å²) in [4.78, 5) is 32.6. The maximum atomic E-state index is 11.5. The lowest BCUT2D eigenvalue weighted by atomic mass is 10.1. The molecule has 1 aromatic heterocycles. The van der Waals surface area contributed by atoms with Crippen molar-refractivity contribution < 1.29 is 14.7 Å². The van der Waals surface area contributed by atoms with Crippen molar-refractivity contribution in [1.29, 1.82) is 0 Å². The van der Waals surface area contributed by atoms with E-state index in [4.69, 9.17) is 5.11 Å². The quantitative estimate of drug-likeness (QED) is 0.647. The summed E-state index contributed by atoms with van der Waals surface area (Å²) in [6.45, 7) is 1.96. The number of carbonyl (C=O) groups is 2. The van der Waals surface area contributed by atoms with Crippen molar-refractivity contribution in [2.24, 2.45) is 5.92 Å². The molecular weight excluding hydrogens is 226 g/mol. The van der Waals surface area contributed by atoms with E-state index in [1.165, 1.54) is 12.1 Å². The number of carboxylic acid groups (broad SMARTS) is 1. The molecule has 0 saturated carbocycles. The Labute approximate surface area is 96.9 Å². The molecule has 0 fully saturated rings. The molecule has 1 atom stereocenters. The minimum atomic E-state index is -0.908. The van der Waals surface area contributed by atoms with Crippen LogP contribution in [0.4, 0.5) is 0 Å². The van der Waals surface area contributed by atoms with Crippen molar-refractivity contribution in [2.45, 2.75) is 13.3 Å². The third kappa shape index (κ3) is 4.45. The Kier molecular flexibility index (Phi) is 4.38. The number of nitrogens with one attached hydrogen (secondary N) is 2. The number of rotatable bonds is 5. The van der Waals surface area contributed by atoms with Gasteiger partial charge in [-0.1, -0.05) is 6.92 Å². The zero-order valence-corrected chi connectivity index (χ0v) is 9.27. The number of carbonyl (C=O) groups excluding carboxylic acids is 1. The third-order valence-corrected chi connectivity index (χ3v) is 2.05. The van der Waals surface area contributed by atoms with Gasteiger partial charge in [0.2, 0.25) is 0 Å². The van der Waals surface area contributed by atoms with Crippen LogP contribution in [0.15, 0.2) is 16.9 Å². The fourth-order valence-corrected chi connectivity index (χ4v) is 1.20. The van der Waals surface area contributed by atoms with Crippen LogP contribution in [0, 0.1) is 5.92 Å². The zero-order chi connectivity index (χ0) is 12.8. The first kappa shape index (κ1) is 12.9. The molecule has 1 amide bonds. The van der Waals surface area contributed by atoms with Gasteiger partial charge in [0.25, 0.3) is 11.5 Å². The molecular formula is C10H13N3O4. The SMILES string of the molecule is CC(CNC(=O)c1ccc(=O)[nH]n1)CC(=O)O. The van der Waals surface area contributed by atoms with Crippen molar-refractivity contribution in [2.75, 3.05) is 6.54 Å². The van der Waals surface area contributed by atoms with Crippen LogP contribution in [0.25, 0.3) is 0 Å². The highest BCUT2D eigenvalue weighted by molar-refractivity contribution is 5.91. The third-order valence-electron chi connectivity index (χ3n) is 2.05. The molecule has 0 radical (unpaired) electrons. The Bertz CT molecular complexity index is 448. The lowest BCUT2D eigenvalue weighted by Crippen LogP contribution is -2.30. The highest BCUT2D eigenvalue weighted by atomic mass is 16.4. The number of aliphatic carboxylic acids is 1. The number of aromatic amines is 1. The average molecular weight is 239 g/mol. The Balaban J connectivity index is 2.47. The molecule has 3 N–H and O–H groups in total. The summed E-state index contributed by atoms with van der Waals surface area (Å²) >= 11 is 0. The van der Waals surface area contributed by atoms with Gasteiger partial charge in [0.05, 0.1) is 0 Å². The van der Waals surface area contributed by atoms with Crippen LogP contribution >= 0.6 is 0 Å². The van der Waals surface area contributed by atoms with E-state index in [0.29, 0.717) is 0 Å². The number of carboxylic acids is 1.